The van der Waals surface area contributed by atoms with Gasteiger partial charge in [-0.1, -0.05) is 6.07 Å². The van der Waals surface area contributed by atoms with E-state index in [-0.39, 0.29) is 0 Å². The second kappa shape index (κ2) is 6.90. The molecule has 0 saturated carbocycles. The van der Waals surface area contributed by atoms with E-state index in [1.54, 1.807) is 18.4 Å². The van der Waals surface area contributed by atoms with Crippen molar-refractivity contribution >= 4 is 17.2 Å². The molecule has 18 heavy (non-hydrogen) atoms. The highest BCUT2D eigenvalue weighted by molar-refractivity contribution is 7.09. The number of carbonyl (C=O) groups is 1. The summed E-state index contributed by atoms with van der Waals surface area (Å²) in [6.07, 6.45) is 4.97. The van der Waals surface area contributed by atoms with Crippen molar-refractivity contribution < 1.29 is 9.53 Å². The van der Waals surface area contributed by atoms with Crippen molar-refractivity contribution in [1.82, 2.24) is 4.90 Å². The Hall–Kier alpha value is -0.870. The zero-order valence-corrected chi connectivity index (χ0v) is 11.7. The van der Waals surface area contributed by atoms with Gasteiger partial charge in [-0.25, -0.2) is 0 Å². The summed E-state index contributed by atoms with van der Waals surface area (Å²) < 4.78 is 5.31. The monoisotopic (exact) mass is 267 g/mol. The molecule has 1 aromatic heterocycles. The number of amides is 1. The number of piperidine rings is 1. The molecular formula is C14H21NO2S. The van der Waals surface area contributed by atoms with Crippen LogP contribution in [0.5, 0.6) is 0 Å². The second-order valence-corrected chi connectivity index (χ2v) is 5.78. The van der Waals surface area contributed by atoms with Gasteiger partial charge in [0.15, 0.2) is 0 Å². The first-order chi connectivity index (χ1) is 8.79. The topological polar surface area (TPSA) is 29.5 Å². The number of hydrogen-bond donors (Lipinski definition) is 0. The molecule has 0 N–H and O–H groups in total. The Kier molecular flexibility index (Phi) is 5.20. The van der Waals surface area contributed by atoms with Crippen LogP contribution in [0.15, 0.2) is 17.5 Å². The van der Waals surface area contributed by atoms with E-state index in [0.717, 1.165) is 38.8 Å². The smallest absolute Gasteiger partial charge is 0.222 e. The van der Waals surface area contributed by atoms with Crippen LogP contribution in [-0.4, -0.2) is 37.1 Å². The molecule has 0 aromatic carbocycles. The molecule has 1 aliphatic rings. The molecule has 1 aromatic rings. The van der Waals surface area contributed by atoms with Crippen molar-refractivity contribution in [2.24, 2.45) is 0 Å². The van der Waals surface area contributed by atoms with E-state index < -0.39 is 0 Å². The zero-order chi connectivity index (χ0) is 12.8. The third-order valence-electron chi connectivity index (χ3n) is 3.52. The van der Waals surface area contributed by atoms with Crippen LogP contribution in [0.1, 0.15) is 30.6 Å². The number of ether oxygens (including phenoxy) is 1. The standard InChI is InChI=1S/C14H21NO2S/c1-17-12-7-9-15(10-8-12)14(16)6-2-4-13-5-3-11-18-13/h3,5,11-12H,2,4,6-10H2,1H3. The summed E-state index contributed by atoms with van der Waals surface area (Å²) in [6.45, 7) is 1.71. The van der Waals surface area contributed by atoms with Crippen LogP contribution in [-0.2, 0) is 16.0 Å². The average molecular weight is 267 g/mol. The molecule has 0 aliphatic carbocycles. The van der Waals surface area contributed by atoms with Gasteiger partial charge in [0, 0.05) is 31.5 Å². The van der Waals surface area contributed by atoms with E-state index in [2.05, 4.69) is 17.5 Å². The van der Waals surface area contributed by atoms with E-state index in [4.69, 9.17) is 4.74 Å². The molecule has 100 valence electrons. The summed E-state index contributed by atoms with van der Waals surface area (Å²) in [7, 11) is 1.75. The van der Waals surface area contributed by atoms with Crippen LogP contribution in [0, 0.1) is 0 Å². The summed E-state index contributed by atoms with van der Waals surface area (Å²) in [5.74, 6) is 0.307. The van der Waals surface area contributed by atoms with Crippen LogP contribution < -0.4 is 0 Å². The zero-order valence-electron chi connectivity index (χ0n) is 10.9. The molecule has 1 aliphatic heterocycles. The van der Waals surface area contributed by atoms with Gasteiger partial charge in [0.2, 0.25) is 5.91 Å². The van der Waals surface area contributed by atoms with Gasteiger partial charge >= 0.3 is 0 Å². The Morgan fingerprint density at radius 3 is 2.89 bits per heavy atom. The number of thiophene rings is 1. The van der Waals surface area contributed by atoms with E-state index in [1.807, 2.05) is 4.90 Å². The molecule has 1 saturated heterocycles. The quantitative estimate of drug-likeness (QED) is 0.821. The highest BCUT2D eigenvalue weighted by Gasteiger charge is 2.21. The molecule has 2 heterocycles. The van der Waals surface area contributed by atoms with E-state index in [0.29, 0.717) is 18.4 Å². The molecule has 0 atom stereocenters. The fourth-order valence-corrected chi connectivity index (χ4v) is 3.12. The SMILES string of the molecule is COC1CCN(C(=O)CCCc2cccs2)CC1. The van der Waals surface area contributed by atoms with E-state index >= 15 is 0 Å². The summed E-state index contributed by atoms with van der Waals surface area (Å²) in [6, 6.07) is 4.20. The Balaban J connectivity index is 1.66. The third kappa shape index (κ3) is 3.82. The fraction of sp³-hybridized carbons (Fsp3) is 0.643. The van der Waals surface area contributed by atoms with Gasteiger partial charge < -0.3 is 9.64 Å². The van der Waals surface area contributed by atoms with Gasteiger partial charge in [-0.2, -0.15) is 0 Å². The lowest BCUT2D eigenvalue weighted by molar-refractivity contribution is -0.133. The predicted octanol–water partition coefficient (Wildman–Crippen LogP) is 2.71. The molecule has 0 unspecified atom stereocenters. The summed E-state index contributed by atoms with van der Waals surface area (Å²) in [4.78, 5) is 15.4. The predicted molar refractivity (Wildman–Crippen MR) is 73.9 cm³/mol. The van der Waals surface area contributed by atoms with Crippen LogP contribution >= 0.6 is 11.3 Å². The van der Waals surface area contributed by atoms with Gasteiger partial charge in [-0.3, -0.25) is 4.79 Å². The third-order valence-corrected chi connectivity index (χ3v) is 4.46. The molecule has 0 bridgehead atoms. The lowest BCUT2D eigenvalue weighted by Crippen LogP contribution is -2.40. The van der Waals surface area contributed by atoms with Crippen molar-refractivity contribution in [3.8, 4) is 0 Å². The number of rotatable bonds is 5. The molecule has 1 amide bonds. The fourth-order valence-electron chi connectivity index (χ4n) is 2.37. The first-order valence-corrected chi connectivity index (χ1v) is 7.50. The number of nitrogens with zero attached hydrogens (tertiary/aromatic N) is 1. The minimum atomic E-state index is 0.307. The van der Waals surface area contributed by atoms with E-state index in [1.165, 1.54) is 4.88 Å². The van der Waals surface area contributed by atoms with Gasteiger partial charge in [-0.05, 0) is 37.1 Å². The molecule has 1 fully saturated rings. The normalized spacial score (nSPS) is 17.1. The van der Waals surface area contributed by atoms with Gasteiger partial charge in [0.25, 0.3) is 0 Å². The Labute approximate surface area is 113 Å². The molecular weight excluding hydrogens is 246 g/mol. The molecule has 3 nitrogen and oxygen atoms in total. The number of aryl methyl sites for hydroxylation is 1. The molecule has 0 spiro atoms. The lowest BCUT2D eigenvalue weighted by atomic mass is 10.1. The van der Waals surface area contributed by atoms with Gasteiger partial charge in [0.1, 0.15) is 0 Å². The van der Waals surface area contributed by atoms with Crippen molar-refractivity contribution in [1.29, 1.82) is 0 Å². The first kappa shape index (κ1) is 13.6. The van der Waals surface area contributed by atoms with Crippen LogP contribution in [0.3, 0.4) is 0 Å². The summed E-state index contributed by atoms with van der Waals surface area (Å²) in [5.41, 5.74) is 0. The number of carbonyl (C=O) groups excluding carboxylic acids is 1. The average Bonchev–Trinajstić information content (AvgIpc) is 2.92. The Bertz CT molecular complexity index is 356. The first-order valence-electron chi connectivity index (χ1n) is 6.62. The largest absolute Gasteiger partial charge is 0.381 e. The van der Waals surface area contributed by atoms with E-state index in [9.17, 15) is 4.79 Å². The van der Waals surface area contributed by atoms with Crippen molar-refractivity contribution in [3.63, 3.8) is 0 Å². The highest BCUT2D eigenvalue weighted by Crippen LogP contribution is 2.16. The summed E-state index contributed by atoms with van der Waals surface area (Å²) in [5, 5.41) is 2.09. The Morgan fingerprint density at radius 1 is 1.50 bits per heavy atom. The number of methoxy groups -OCH3 is 1. The Morgan fingerprint density at radius 2 is 2.28 bits per heavy atom. The molecule has 2 rings (SSSR count). The highest BCUT2D eigenvalue weighted by atomic mass is 32.1. The van der Waals surface area contributed by atoms with Gasteiger partial charge in [0.05, 0.1) is 6.10 Å². The number of likely N-dealkylation sites (tertiary alicyclic amines) is 1. The van der Waals surface area contributed by atoms with Crippen LogP contribution in [0.25, 0.3) is 0 Å². The molecule has 0 radical (unpaired) electrons. The minimum absolute atomic E-state index is 0.307. The number of hydrogen-bond acceptors (Lipinski definition) is 3. The van der Waals surface area contributed by atoms with Crippen LogP contribution in [0.2, 0.25) is 0 Å². The maximum absolute atomic E-state index is 12.0. The molecule has 4 heteroatoms. The lowest BCUT2D eigenvalue weighted by Gasteiger charge is -2.31. The maximum atomic E-state index is 12.0. The minimum Gasteiger partial charge on any atom is -0.381 e. The van der Waals surface area contributed by atoms with Gasteiger partial charge in [-0.15, -0.1) is 11.3 Å². The second-order valence-electron chi connectivity index (χ2n) is 4.75. The van der Waals surface area contributed by atoms with Crippen LogP contribution in [0.4, 0.5) is 0 Å². The summed E-state index contributed by atoms with van der Waals surface area (Å²) >= 11 is 1.77. The van der Waals surface area contributed by atoms with Crippen molar-refractivity contribution in [2.45, 2.75) is 38.2 Å². The van der Waals surface area contributed by atoms with Crippen molar-refractivity contribution in [2.75, 3.05) is 20.2 Å². The van der Waals surface area contributed by atoms with Crippen molar-refractivity contribution in [3.05, 3.63) is 22.4 Å². The maximum Gasteiger partial charge on any atom is 0.222 e.